The van der Waals surface area contributed by atoms with Crippen LogP contribution in [0.15, 0.2) is 23.8 Å². The third-order valence-electron chi connectivity index (χ3n) is 3.71. The molecular formula is C14H24O. The molecule has 0 fully saturated rings. The molecule has 1 heteroatoms. The maximum atomic E-state index is 8.97. The largest absolute Gasteiger partial charge is 0.396 e. The van der Waals surface area contributed by atoms with Crippen molar-refractivity contribution < 1.29 is 5.11 Å². The summed E-state index contributed by atoms with van der Waals surface area (Å²) in [6.07, 6.45) is 9.15. The molecule has 0 aromatic rings. The van der Waals surface area contributed by atoms with Crippen LogP contribution >= 0.6 is 0 Å². The Bertz CT molecular complexity index is 261. The molecule has 0 radical (unpaired) electrons. The van der Waals surface area contributed by atoms with Crippen molar-refractivity contribution in [2.75, 3.05) is 6.61 Å². The molecule has 0 spiro atoms. The van der Waals surface area contributed by atoms with Gasteiger partial charge in [0.2, 0.25) is 0 Å². The van der Waals surface area contributed by atoms with E-state index in [1.54, 1.807) is 5.57 Å². The minimum Gasteiger partial charge on any atom is -0.396 e. The fraction of sp³-hybridized carbons (Fsp3) is 0.714. The molecule has 86 valence electrons. The minimum absolute atomic E-state index is 0.248. The van der Waals surface area contributed by atoms with Gasteiger partial charge in [-0.15, -0.1) is 0 Å². The first-order chi connectivity index (χ1) is 7.02. The van der Waals surface area contributed by atoms with E-state index < -0.39 is 0 Å². The average molecular weight is 208 g/mol. The fourth-order valence-electron chi connectivity index (χ4n) is 2.37. The third kappa shape index (κ3) is 2.72. The van der Waals surface area contributed by atoms with Gasteiger partial charge in [0.05, 0.1) is 0 Å². The second kappa shape index (κ2) is 4.98. The lowest BCUT2D eigenvalue weighted by Crippen LogP contribution is -2.19. The van der Waals surface area contributed by atoms with Gasteiger partial charge in [0.15, 0.2) is 0 Å². The number of aliphatic hydroxyl groups excluding tert-OH is 1. The standard InChI is InChI=1S/C14H24O/c1-5-12-8-9-13(14(12,3)4)7-6-11(2)10-15/h6-8,11,13,15H,5,9-10H2,1-4H3. The molecule has 0 saturated heterocycles. The van der Waals surface area contributed by atoms with Crippen molar-refractivity contribution in [3.8, 4) is 0 Å². The van der Waals surface area contributed by atoms with Gasteiger partial charge in [0, 0.05) is 6.61 Å². The van der Waals surface area contributed by atoms with Crippen LogP contribution < -0.4 is 0 Å². The van der Waals surface area contributed by atoms with Crippen molar-refractivity contribution in [1.29, 1.82) is 0 Å². The van der Waals surface area contributed by atoms with Crippen LogP contribution in [0.25, 0.3) is 0 Å². The van der Waals surface area contributed by atoms with E-state index in [1.165, 1.54) is 0 Å². The molecule has 0 heterocycles. The van der Waals surface area contributed by atoms with Gasteiger partial charge in [-0.3, -0.25) is 0 Å². The molecule has 0 aromatic heterocycles. The normalized spacial score (nSPS) is 27.0. The van der Waals surface area contributed by atoms with Crippen molar-refractivity contribution in [3.05, 3.63) is 23.8 Å². The minimum atomic E-state index is 0.248. The summed E-state index contributed by atoms with van der Waals surface area (Å²) in [4.78, 5) is 0. The van der Waals surface area contributed by atoms with Gasteiger partial charge in [0.1, 0.15) is 0 Å². The Morgan fingerprint density at radius 2 is 2.27 bits per heavy atom. The molecule has 1 nitrogen and oxygen atoms in total. The lowest BCUT2D eigenvalue weighted by molar-refractivity contribution is 0.260. The van der Waals surface area contributed by atoms with Crippen molar-refractivity contribution in [2.24, 2.45) is 17.3 Å². The summed E-state index contributed by atoms with van der Waals surface area (Å²) in [5, 5.41) is 8.97. The zero-order chi connectivity index (χ0) is 11.5. The molecule has 2 atom stereocenters. The molecular weight excluding hydrogens is 184 g/mol. The SMILES string of the molecule is CCC1=CCC(C=CC(C)CO)C1(C)C. The highest BCUT2D eigenvalue weighted by atomic mass is 16.3. The Labute approximate surface area is 93.9 Å². The van der Waals surface area contributed by atoms with Crippen molar-refractivity contribution >= 4 is 0 Å². The Morgan fingerprint density at radius 3 is 2.73 bits per heavy atom. The predicted octanol–water partition coefficient (Wildman–Crippen LogP) is 3.55. The maximum Gasteiger partial charge on any atom is 0.0491 e. The fourth-order valence-corrected chi connectivity index (χ4v) is 2.37. The molecule has 1 rings (SSSR count). The zero-order valence-corrected chi connectivity index (χ0v) is 10.5. The third-order valence-corrected chi connectivity index (χ3v) is 3.71. The quantitative estimate of drug-likeness (QED) is 0.700. The highest BCUT2D eigenvalue weighted by Crippen LogP contribution is 2.45. The van der Waals surface area contributed by atoms with Crippen LogP contribution in [0.2, 0.25) is 0 Å². The summed E-state index contributed by atoms with van der Waals surface area (Å²) in [5.41, 5.74) is 1.88. The van der Waals surface area contributed by atoms with E-state index in [-0.39, 0.29) is 12.5 Å². The summed E-state index contributed by atoms with van der Waals surface area (Å²) in [6.45, 7) is 9.18. The van der Waals surface area contributed by atoms with Crippen LogP contribution in [-0.4, -0.2) is 11.7 Å². The van der Waals surface area contributed by atoms with Crippen molar-refractivity contribution in [1.82, 2.24) is 0 Å². The number of allylic oxidation sites excluding steroid dienone is 3. The first-order valence-electron chi connectivity index (χ1n) is 6.01. The van der Waals surface area contributed by atoms with Crippen LogP contribution in [0.4, 0.5) is 0 Å². The Kier molecular flexibility index (Phi) is 4.15. The molecule has 1 aliphatic rings. The van der Waals surface area contributed by atoms with Gasteiger partial charge >= 0.3 is 0 Å². The van der Waals surface area contributed by atoms with Gasteiger partial charge in [-0.05, 0) is 30.1 Å². The number of hydrogen-bond donors (Lipinski definition) is 1. The van der Waals surface area contributed by atoms with Gasteiger partial charge < -0.3 is 5.11 Å². The summed E-state index contributed by atoms with van der Waals surface area (Å²) >= 11 is 0. The molecule has 1 aliphatic carbocycles. The summed E-state index contributed by atoms with van der Waals surface area (Å²) < 4.78 is 0. The predicted molar refractivity (Wildman–Crippen MR) is 65.7 cm³/mol. The van der Waals surface area contributed by atoms with E-state index in [4.69, 9.17) is 5.11 Å². The number of rotatable bonds is 4. The average Bonchev–Trinajstić information content (AvgIpc) is 2.49. The van der Waals surface area contributed by atoms with E-state index in [9.17, 15) is 0 Å². The summed E-state index contributed by atoms with van der Waals surface area (Å²) in [6, 6.07) is 0. The van der Waals surface area contributed by atoms with Gasteiger partial charge in [-0.25, -0.2) is 0 Å². The molecule has 0 aliphatic heterocycles. The van der Waals surface area contributed by atoms with Crippen LogP contribution in [0.1, 0.15) is 40.5 Å². The molecule has 15 heavy (non-hydrogen) atoms. The van der Waals surface area contributed by atoms with Crippen LogP contribution in [0.5, 0.6) is 0 Å². The lowest BCUT2D eigenvalue weighted by atomic mass is 9.76. The smallest absolute Gasteiger partial charge is 0.0491 e. The first kappa shape index (κ1) is 12.5. The van der Waals surface area contributed by atoms with Crippen LogP contribution in [0, 0.1) is 17.3 Å². The van der Waals surface area contributed by atoms with Crippen LogP contribution in [0.3, 0.4) is 0 Å². The molecule has 0 saturated carbocycles. The second-order valence-electron chi connectivity index (χ2n) is 5.19. The highest BCUT2D eigenvalue weighted by Gasteiger charge is 2.34. The topological polar surface area (TPSA) is 20.2 Å². The van der Waals surface area contributed by atoms with Crippen molar-refractivity contribution in [3.63, 3.8) is 0 Å². The Morgan fingerprint density at radius 1 is 1.60 bits per heavy atom. The van der Waals surface area contributed by atoms with E-state index >= 15 is 0 Å². The van der Waals surface area contributed by atoms with Gasteiger partial charge in [-0.2, -0.15) is 0 Å². The highest BCUT2D eigenvalue weighted by molar-refractivity contribution is 5.23. The van der Waals surface area contributed by atoms with Crippen molar-refractivity contribution in [2.45, 2.75) is 40.5 Å². The van der Waals surface area contributed by atoms with Gasteiger partial charge in [0.25, 0.3) is 0 Å². The lowest BCUT2D eigenvalue weighted by Gasteiger charge is -2.28. The summed E-state index contributed by atoms with van der Waals surface area (Å²) in [5.74, 6) is 0.896. The molecule has 0 amide bonds. The van der Waals surface area contributed by atoms with E-state index in [2.05, 4.69) is 39.0 Å². The van der Waals surface area contributed by atoms with Crippen LogP contribution in [-0.2, 0) is 0 Å². The maximum absolute atomic E-state index is 8.97. The molecule has 0 bridgehead atoms. The first-order valence-corrected chi connectivity index (χ1v) is 6.01. The Balaban J connectivity index is 2.65. The van der Waals surface area contributed by atoms with Gasteiger partial charge in [-0.1, -0.05) is 51.5 Å². The van der Waals surface area contributed by atoms with E-state index in [1.807, 2.05) is 6.92 Å². The number of hydrogen-bond acceptors (Lipinski definition) is 1. The molecule has 2 unspecified atom stereocenters. The number of aliphatic hydroxyl groups is 1. The Hall–Kier alpha value is -0.560. The zero-order valence-electron chi connectivity index (χ0n) is 10.5. The van der Waals surface area contributed by atoms with E-state index in [0.717, 1.165) is 12.8 Å². The van der Waals surface area contributed by atoms with E-state index in [0.29, 0.717) is 11.3 Å². The molecule has 1 N–H and O–H groups in total. The molecule has 0 aromatic carbocycles. The summed E-state index contributed by atoms with van der Waals surface area (Å²) in [7, 11) is 0. The second-order valence-corrected chi connectivity index (χ2v) is 5.19. The monoisotopic (exact) mass is 208 g/mol.